The van der Waals surface area contributed by atoms with E-state index in [0.717, 1.165) is 31.2 Å². The summed E-state index contributed by atoms with van der Waals surface area (Å²) in [7, 11) is -3.90. The number of aryl methyl sites for hydroxylation is 2. The van der Waals surface area contributed by atoms with Crippen LogP contribution in [0, 0.1) is 6.92 Å². The molecule has 0 radical (unpaired) electrons. The maximum Gasteiger partial charge on any atom is 0.277 e. The molecule has 2 aromatic carbocycles. The third-order valence-electron chi connectivity index (χ3n) is 6.76. The van der Waals surface area contributed by atoms with Crippen LogP contribution in [0.1, 0.15) is 63.0 Å². The first-order valence-electron chi connectivity index (χ1n) is 13.8. The van der Waals surface area contributed by atoms with Gasteiger partial charge in [0, 0.05) is 23.0 Å². The highest BCUT2D eigenvalue weighted by Crippen LogP contribution is 2.30. The fourth-order valence-electron chi connectivity index (χ4n) is 4.68. The standard InChI is InChI=1S/C29H35Cl2N5O4S/c1-4-6-7-8-9-10-26-33-19(3)27-29(37)34-28(35-36(26)27)23-18-22(13-14-25(23)40-5-2)41(38,39)32-16-15-20-11-12-21(30)17-24(20)31/h11-14,17-18,32H,4-10,15-16H2,1-3H3,(H,34,35,37). The fourth-order valence-corrected chi connectivity index (χ4v) is 6.24. The molecule has 0 spiro atoms. The largest absolute Gasteiger partial charge is 0.493 e. The molecular weight excluding hydrogens is 585 g/mol. The van der Waals surface area contributed by atoms with Crippen molar-refractivity contribution in [3.05, 3.63) is 73.9 Å². The number of imidazole rings is 1. The topological polar surface area (TPSA) is 118 Å². The summed E-state index contributed by atoms with van der Waals surface area (Å²) in [5.41, 5.74) is 1.75. The van der Waals surface area contributed by atoms with E-state index in [4.69, 9.17) is 33.0 Å². The molecular formula is C29H35Cl2N5O4S. The summed E-state index contributed by atoms with van der Waals surface area (Å²) in [5.74, 6) is 1.30. The number of hydrogen-bond donors (Lipinski definition) is 2. The van der Waals surface area contributed by atoms with Crippen molar-refractivity contribution in [2.75, 3.05) is 13.2 Å². The first-order valence-corrected chi connectivity index (χ1v) is 16.1. The van der Waals surface area contributed by atoms with Crippen LogP contribution in [0.2, 0.25) is 10.0 Å². The van der Waals surface area contributed by atoms with E-state index in [9.17, 15) is 13.2 Å². The number of halogens is 2. The Morgan fingerprint density at radius 2 is 1.80 bits per heavy atom. The van der Waals surface area contributed by atoms with E-state index >= 15 is 0 Å². The van der Waals surface area contributed by atoms with Crippen LogP contribution < -0.4 is 15.0 Å². The Hall–Kier alpha value is -2.92. The maximum atomic E-state index is 13.2. The zero-order chi connectivity index (χ0) is 29.6. The quantitative estimate of drug-likeness (QED) is 0.164. The number of sulfonamides is 1. The highest BCUT2D eigenvalue weighted by molar-refractivity contribution is 7.89. The molecule has 0 aliphatic carbocycles. The van der Waals surface area contributed by atoms with Gasteiger partial charge in [-0.05, 0) is 62.6 Å². The van der Waals surface area contributed by atoms with Crippen LogP contribution in [0.15, 0.2) is 46.1 Å². The van der Waals surface area contributed by atoms with Crippen LogP contribution >= 0.6 is 23.2 Å². The van der Waals surface area contributed by atoms with Gasteiger partial charge in [-0.2, -0.15) is 0 Å². The molecule has 0 atom stereocenters. The lowest BCUT2D eigenvalue weighted by atomic mass is 10.1. The molecule has 0 saturated carbocycles. The molecule has 0 aliphatic rings. The summed E-state index contributed by atoms with van der Waals surface area (Å²) in [6.07, 6.45) is 6.57. The lowest BCUT2D eigenvalue weighted by Crippen LogP contribution is -2.26. The van der Waals surface area contributed by atoms with Crippen molar-refractivity contribution in [3.8, 4) is 17.1 Å². The number of H-pyrrole nitrogens is 1. The molecule has 2 N–H and O–H groups in total. The van der Waals surface area contributed by atoms with Gasteiger partial charge in [-0.15, -0.1) is 5.10 Å². The van der Waals surface area contributed by atoms with E-state index in [-0.39, 0.29) is 22.8 Å². The Morgan fingerprint density at radius 3 is 2.54 bits per heavy atom. The van der Waals surface area contributed by atoms with Gasteiger partial charge in [0.15, 0.2) is 11.3 Å². The maximum absolute atomic E-state index is 13.2. The van der Waals surface area contributed by atoms with Gasteiger partial charge in [-0.3, -0.25) is 4.79 Å². The second-order valence-electron chi connectivity index (χ2n) is 9.82. The average molecular weight is 621 g/mol. The molecule has 4 rings (SSSR count). The van der Waals surface area contributed by atoms with E-state index in [1.165, 1.54) is 18.6 Å². The predicted molar refractivity (Wildman–Crippen MR) is 163 cm³/mol. The van der Waals surface area contributed by atoms with Crippen molar-refractivity contribution in [1.82, 2.24) is 24.3 Å². The molecule has 0 unspecified atom stereocenters. The minimum atomic E-state index is -3.90. The van der Waals surface area contributed by atoms with Gasteiger partial charge in [0.2, 0.25) is 10.0 Å². The SMILES string of the molecule is CCCCCCCc1nc(C)c2c(=O)[nH]c(-c3cc(S(=O)(=O)NCCc4ccc(Cl)cc4Cl)ccc3OCC)nn12. The summed E-state index contributed by atoms with van der Waals surface area (Å²) in [6, 6.07) is 9.59. The normalized spacial score (nSPS) is 11.8. The van der Waals surface area contributed by atoms with E-state index in [2.05, 4.69) is 21.6 Å². The number of rotatable bonds is 14. The molecule has 2 heterocycles. The molecule has 2 aromatic heterocycles. The minimum Gasteiger partial charge on any atom is -0.493 e. The minimum absolute atomic E-state index is 0.0128. The van der Waals surface area contributed by atoms with Crippen LogP contribution in [-0.2, 0) is 22.9 Å². The molecule has 0 fully saturated rings. The average Bonchev–Trinajstić information content (AvgIpc) is 3.25. The summed E-state index contributed by atoms with van der Waals surface area (Å²) in [6.45, 7) is 6.26. The third kappa shape index (κ3) is 7.48. The van der Waals surface area contributed by atoms with Gasteiger partial charge in [0.05, 0.1) is 22.8 Å². The lowest BCUT2D eigenvalue weighted by molar-refractivity contribution is 0.341. The number of aromatic nitrogens is 4. The van der Waals surface area contributed by atoms with Crippen molar-refractivity contribution in [3.63, 3.8) is 0 Å². The van der Waals surface area contributed by atoms with Gasteiger partial charge in [0.25, 0.3) is 5.56 Å². The molecule has 0 amide bonds. The van der Waals surface area contributed by atoms with Crippen molar-refractivity contribution in [2.24, 2.45) is 0 Å². The molecule has 0 bridgehead atoms. The van der Waals surface area contributed by atoms with Gasteiger partial charge >= 0.3 is 0 Å². The van der Waals surface area contributed by atoms with E-state index in [1.807, 2.05) is 6.92 Å². The zero-order valence-corrected chi connectivity index (χ0v) is 25.8. The van der Waals surface area contributed by atoms with Crippen LogP contribution in [-0.4, -0.2) is 41.2 Å². The molecule has 4 aromatic rings. The van der Waals surface area contributed by atoms with Crippen LogP contribution in [0.4, 0.5) is 0 Å². The van der Waals surface area contributed by atoms with E-state index < -0.39 is 10.0 Å². The highest BCUT2D eigenvalue weighted by Gasteiger charge is 2.21. The van der Waals surface area contributed by atoms with Gasteiger partial charge in [-0.1, -0.05) is 61.9 Å². The van der Waals surface area contributed by atoms with E-state index in [0.29, 0.717) is 57.8 Å². The van der Waals surface area contributed by atoms with Crippen molar-refractivity contribution < 1.29 is 13.2 Å². The Kier molecular flexibility index (Phi) is 10.5. The smallest absolute Gasteiger partial charge is 0.277 e. The number of aromatic amines is 1. The first-order chi connectivity index (χ1) is 19.6. The fraction of sp³-hybridized carbons (Fsp3) is 0.414. The Bertz CT molecular complexity index is 1680. The van der Waals surface area contributed by atoms with Crippen LogP contribution in [0.25, 0.3) is 16.9 Å². The Labute approximate surface area is 250 Å². The number of hydrogen-bond acceptors (Lipinski definition) is 6. The Morgan fingerprint density at radius 1 is 1.02 bits per heavy atom. The Balaban J connectivity index is 1.64. The van der Waals surface area contributed by atoms with Crippen LogP contribution in [0.5, 0.6) is 5.75 Å². The highest BCUT2D eigenvalue weighted by atomic mass is 35.5. The number of fused-ring (bicyclic) bond motifs is 1. The molecule has 0 saturated heterocycles. The third-order valence-corrected chi connectivity index (χ3v) is 8.81. The second kappa shape index (κ2) is 13.8. The monoisotopic (exact) mass is 619 g/mol. The summed E-state index contributed by atoms with van der Waals surface area (Å²) < 4.78 is 36.4. The number of ether oxygens (including phenoxy) is 1. The van der Waals surface area contributed by atoms with Crippen molar-refractivity contribution in [2.45, 2.75) is 70.6 Å². The molecule has 12 heteroatoms. The summed E-state index contributed by atoms with van der Waals surface area (Å²) in [5, 5.41) is 5.69. The van der Waals surface area contributed by atoms with Gasteiger partial charge in [0.1, 0.15) is 11.6 Å². The number of nitrogens with zero attached hydrogens (tertiary/aromatic N) is 3. The number of benzene rings is 2. The number of unbranched alkanes of at least 4 members (excludes halogenated alkanes) is 4. The predicted octanol–water partition coefficient (Wildman–Crippen LogP) is 6.13. The molecule has 220 valence electrons. The molecule has 41 heavy (non-hydrogen) atoms. The van der Waals surface area contributed by atoms with Gasteiger partial charge < -0.3 is 9.72 Å². The van der Waals surface area contributed by atoms with Crippen molar-refractivity contribution in [1.29, 1.82) is 0 Å². The van der Waals surface area contributed by atoms with Crippen LogP contribution in [0.3, 0.4) is 0 Å². The first kappa shape index (κ1) is 31.0. The van der Waals surface area contributed by atoms with Gasteiger partial charge in [-0.25, -0.2) is 22.6 Å². The summed E-state index contributed by atoms with van der Waals surface area (Å²) >= 11 is 12.2. The summed E-state index contributed by atoms with van der Waals surface area (Å²) in [4.78, 5) is 20.6. The zero-order valence-electron chi connectivity index (χ0n) is 23.5. The lowest BCUT2D eigenvalue weighted by Gasteiger charge is -2.13. The van der Waals surface area contributed by atoms with Crippen molar-refractivity contribution >= 4 is 38.7 Å². The van der Waals surface area contributed by atoms with E-state index in [1.54, 1.807) is 35.7 Å². The molecule has 0 aliphatic heterocycles. The number of nitrogens with one attached hydrogen (secondary N) is 2. The molecule has 9 nitrogen and oxygen atoms in total. The second-order valence-corrected chi connectivity index (χ2v) is 12.4.